The van der Waals surface area contributed by atoms with Crippen molar-refractivity contribution in [1.29, 1.82) is 0 Å². The summed E-state index contributed by atoms with van der Waals surface area (Å²) in [6.45, 7) is 4.61. The van der Waals surface area contributed by atoms with Crippen LogP contribution in [0.3, 0.4) is 0 Å². The van der Waals surface area contributed by atoms with Crippen LogP contribution in [0.1, 0.15) is 6.92 Å². The standard InChI is InChI=1S/C21H23N7O/c1-13-11-27(5-6-29-13)15-4-3-14-7-19(26-28(14)12-15)17-9-25-21(23-2)18-10-24-20(22)8-16(17)18/h3-4,7-10,12-13H,5-6,11H2,1-2H3,(H2,22,24)(H,23,25)/t13-/m0/s1. The number of ether oxygens (including phenoxy) is 1. The van der Waals surface area contributed by atoms with Crippen LogP contribution < -0.4 is 16.0 Å². The van der Waals surface area contributed by atoms with Crippen molar-refractivity contribution in [2.45, 2.75) is 13.0 Å². The van der Waals surface area contributed by atoms with Crippen LogP contribution in [0.25, 0.3) is 27.5 Å². The van der Waals surface area contributed by atoms with Gasteiger partial charge in [-0.05, 0) is 31.2 Å². The summed E-state index contributed by atoms with van der Waals surface area (Å²) in [5.74, 6) is 1.24. The Balaban J connectivity index is 1.60. The molecule has 29 heavy (non-hydrogen) atoms. The van der Waals surface area contributed by atoms with Gasteiger partial charge in [0.1, 0.15) is 11.6 Å². The Bertz CT molecular complexity index is 1200. The lowest BCUT2D eigenvalue weighted by Crippen LogP contribution is -2.41. The van der Waals surface area contributed by atoms with E-state index in [0.29, 0.717) is 5.82 Å². The number of anilines is 3. The van der Waals surface area contributed by atoms with Gasteiger partial charge in [0.25, 0.3) is 0 Å². The molecule has 8 nitrogen and oxygen atoms in total. The van der Waals surface area contributed by atoms with Gasteiger partial charge in [0.15, 0.2) is 0 Å². The highest BCUT2D eigenvalue weighted by molar-refractivity contribution is 6.02. The van der Waals surface area contributed by atoms with Crippen LogP contribution in [-0.2, 0) is 4.74 Å². The molecular formula is C21H23N7O. The van der Waals surface area contributed by atoms with E-state index in [4.69, 9.17) is 15.6 Å². The maximum absolute atomic E-state index is 5.96. The van der Waals surface area contributed by atoms with E-state index in [1.807, 2.05) is 23.8 Å². The quantitative estimate of drug-likeness (QED) is 0.556. The third-order valence-electron chi connectivity index (χ3n) is 5.36. The lowest BCUT2D eigenvalue weighted by Gasteiger charge is -2.32. The molecule has 5 rings (SSSR count). The molecule has 1 fully saturated rings. The summed E-state index contributed by atoms with van der Waals surface area (Å²) in [6.07, 6.45) is 5.89. The lowest BCUT2D eigenvalue weighted by atomic mass is 10.1. The summed E-state index contributed by atoms with van der Waals surface area (Å²) in [6, 6.07) is 8.18. The number of aromatic nitrogens is 4. The average Bonchev–Trinajstić information content (AvgIpc) is 3.15. The molecule has 0 unspecified atom stereocenters. The molecule has 0 spiro atoms. The fourth-order valence-corrected chi connectivity index (χ4v) is 3.90. The zero-order chi connectivity index (χ0) is 20.0. The maximum Gasteiger partial charge on any atom is 0.135 e. The highest BCUT2D eigenvalue weighted by Gasteiger charge is 2.18. The molecule has 4 aromatic rings. The van der Waals surface area contributed by atoms with E-state index in [9.17, 15) is 0 Å². The minimum absolute atomic E-state index is 0.231. The molecule has 5 heterocycles. The molecule has 4 aromatic heterocycles. The van der Waals surface area contributed by atoms with Gasteiger partial charge in [0, 0.05) is 48.9 Å². The van der Waals surface area contributed by atoms with Crippen molar-refractivity contribution < 1.29 is 4.74 Å². The minimum Gasteiger partial charge on any atom is -0.384 e. The van der Waals surface area contributed by atoms with E-state index in [0.717, 1.165) is 58.7 Å². The van der Waals surface area contributed by atoms with Crippen molar-refractivity contribution in [2.75, 3.05) is 42.7 Å². The van der Waals surface area contributed by atoms with Gasteiger partial charge in [-0.3, -0.25) is 0 Å². The second-order valence-electron chi connectivity index (χ2n) is 7.34. The predicted octanol–water partition coefficient (Wildman–Crippen LogP) is 2.79. The molecule has 1 aliphatic rings. The fourth-order valence-electron chi connectivity index (χ4n) is 3.90. The molecule has 8 heteroatoms. The molecule has 148 valence electrons. The van der Waals surface area contributed by atoms with Gasteiger partial charge in [-0.25, -0.2) is 14.5 Å². The molecule has 0 saturated carbocycles. The average molecular weight is 389 g/mol. The summed E-state index contributed by atoms with van der Waals surface area (Å²) >= 11 is 0. The first-order chi connectivity index (χ1) is 14.1. The molecule has 3 N–H and O–H groups in total. The van der Waals surface area contributed by atoms with Crippen molar-refractivity contribution in [3.05, 3.63) is 42.9 Å². The summed E-state index contributed by atoms with van der Waals surface area (Å²) in [5, 5.41) is 9.83. The highest BCUT2D eigenvalue weighted by Crippen LogP contribution is 2.32. The zero-order valence-electron chi connectivity index (χ0n) is 16.5. The number of nitrogens with zero attached hydrogens (tertiary/aromatic N) is 5. The summed E-state index contributed by atoms with van der Waals surface area (Å²) < 4.78 is 7.58. The van der Waals surface area contributed by atoms with Crippen LogP contribution in [0.15, 0.2) is 42.9 Å². The molecule has 1 saturated heterocycles. The normalized spacial score (nSPS) is 17.2. The van der Waals surface area contributed by atoms with Crippen LogP contribution in [0.2, 0.25) is 0 Å². The predicted molar refractivity (Wildman–Crippen MR) is 115 cm³/mol. The third-order valence-corrected chi connectivity index (χ3v) is 5.36. The number of nitrogens with one attached hydrogen (secondary N) is 1. The Morgan fingerprint density at radius 1 is 1.17 bits per heavy atom. The SMILES string of the molecule is CNc1ncc(-c2cc3ccc(N4CCO[C@@H](C)C4)cn3n2)c2cc(N)ncc12. The van der Waals surface area contributed by atoms with Gasteiger partial charge in [0.05, 0.1) is 35.8 Å². The Morgan fingerprint density at radius 2 is 2.07 bits per heavy atom. The summed E-state index contributed by atoms with van der Waals surface area (Å²) in [7, 11) is 1.84. The fraction of sp³-hybridized carbons (Fsp3) is 0.286. The molecule has 0 bridgehead atoms. The number of hydrogen-bond donors (Lipinski definition) is 2. The van der Waals surface area contributed by atoms with Crippen molar-refractivity contribution >= 4 is 33.6 Å². The van der Waals surface area contributed by atoms with Crippen LogP contribution in [0.5, 0.6) is 0 Å². The number of fused-ring (bicyclic) bond motifs is 2. The first-order valence-corrected chi connectivity index (χ1v) is 9.71. The van der Waals surface area contributed by atoms with Crippen molar-refractivity contribution in [2.24, 2.45) is 0 Å². The van der Waals surface area contributed by atoms with Crippen molar-refractivity contribution in [3.8, 4) is 11.3 Å². The Kier molecular flexibility index (Phi) is 4.21. The summed E-state index contributed by atoms with van der Waals surface area (Å²) in [5.41, 5.74) is 9.91. The Labute approximate surface area is 168 Å². The van der Waals surface area contributed by atoms with Gasteiger partial charge < -0.3 is 20.7 Å². The van der Waals surface area contributed by atoms with Crippen LogP contribution in [0.4, 0.5) is 17.3 Å². The monoisotopic (exact) mass is 389 g/mol. The lowest BCUT2D eigenvalue weighted by molar-refractivity contribution is 0.0532. The van der Waals surface area contributed by atoms with E-state index in [2.05, 4.69) is 51.5 Å². The van der Waals surface area contributed by atoms with Gasteiger partial charge in [0.2, 0.25) is 0 Å². The number of hydrogen-bond acceptors (Lipinski definition) is 7. The number of morpholine rings is 1. The number of pyridine rings is 3. The molecule has 0 aromatic carbocycles. The molecular weight excluding hydrogens is 366 g/mol. The van der Waals surface area contributed by atoms with Crippen LogP contribution in [0, 0.1) is 0 Å². The Hall–Kier alpha value is -3.39. The van der Waals surface area contributed by atoms with Gasteiger partial charge in [-0.2, -0.15) is 5.10 Å². The third kappa shape index (κ3) is 3.11. The molecule has 0 amide bonds. The minimum atomic E-state index is 0.231. The Morgan fingerprint density at radius 3 is 2.90 bits per heavy atom. The molecule has 0 aliphatic carbocycles. The number of nitrogens with two attached hydrogens (primary N) is 1. The van der Waals surface area contributed by atoms with E-state index in [1.54, 1.807) is 6.20 Å². The van der Waals surface area contributed by atoms with E-state index >= 15 is 0 Å². The van der Waals surface area contributed by atoms with Crippen LogP contribution >= 0.6 is 0 Å². The number of rotatable bonds is 3. The van der Waals surface area contributed by atoms with Gasteiger partial charge in [-0.1, -0.05) is 0 Å². The van der Waals surface area contributed by atoms with Crippen molar-refractivity contribution in [1.82, 2.24) is 19.6 Å². The number of nitrogen functional groups attached to an aromatic ring is 1. The molecule has 1 atom stereocenters. The van der Waals surface area contributed by atoms with Gasteiger partial charge in [-0.15, -0.1) is 0 Å². The van der Waals surface area contributed by atoms with E-state index in [1.165, 1.54) is 0 Å². The second kappa shape index (κ2) is 6.89. The molecule has 1 aliphatic heterocycles. The smallest absolute Gasteiger partial charge is 0.135 e. The zero-order valence-corrected chi connectivity index (χ0v) is 16.5. The largest absolute Gasteiger partial charge is 0.384 e. The maximum atomic E-state index is 5.96. The highest BCUT2D eigenvalue weighted by atomic mass is 16.5. The summed E-state index contributed by atoms with van der Waals surface area (Å²) in [4.78, 5) is 11.1. The van der Waals surface area contributed by atoms with E-state index < -0.39 is 0 Å². The van der Waals surface area contributed by atoms with Crippen molar-refractivity contribution in [3.63, 3.8) is 0 Å². The first kappa shape index (κ1) is 17.7. The van der Waals surface area contributed by atoms with E-state index in [-0.39, 0.29) is 6.10 Å². The van der Waals surface area contributed by atoms with Crippen LogP contribution in [-0.4, -0.2) is 52.4 Å². The molecule has 0 radical (unpaired) electrons. The van der Waals surface area contributed by atoms with Gasteiger partial charge >= 0.3 is 0 Å². The first-order valence-electron chi connectivity index (χ1n) is 9.71. The second-order valence-corrected chi connectivity index (χ2v) is 7.34. The topological polar surface area (TPSA) is 93.6 Å².